The largest absolute Gasteiger partial charge is 0.449 e. The zero-order valence-electron chi connectivity index (χ0n) is 20.7. The van der Waals surface area contributed by atoms with Crippen molar-refractivity contribution in [3.63, 3.8) is 0 Å². The Morgan fingerprint density at radius 3 is 2.08 bits per heavy atom. The molecular weight excluding hydrogens is 470 g/mol. The van der Waals surface area contributed by atoms with Crippen LogP contribution in [0, 0.1) is 11.8 Å². The van der Waals surface area contributed by atoms with Gasteiger partial charge >= 0.3 is 6.09 Å². The van der Waals surface area contributed by atoms with E-state index in [0.29, 0.717) is 12.2 Å². The molecule has 36 heavy (non-hydrogen) atoms. The minimum Gasteiger partial charge on any atom is -0.449 e. The quantitative estimate of drug-likeness (QED) is 0.318. The number of Topliss-reactive ketones (excluding diaryl/α,β-unsaturated/α-hetero) is 1. The average Bonchev–Trinajstić information content (AvgIpc) is 3.21. The summed E-state index contributed by atoms with van der Waals surface area (Å²) in [5.74, 6) is -0.153. The van der Waals surface area contributed by atoms with Gasteiger partial charge in [-0.1, -0.05) is 80.6 Å². The normalized spacial score (nSPS) is 14.1. The second-order valence-electron chi connectivity index (χ2n) is 9.56. The van der Waals surface area contributed by atoms with Crippen LogP contribution in [0.3, 0.4) is 0 Å². The van der Waals surface area contributed by atoms with Gasteiger partial charge in [-0.15, -0.1) is 11.8 Å². The molecule has 0 aromatic heterocycles. The number of carbonyl (C=O) groups excluding carboxylic acids is 2. The highest BCUT2D eigenvalue weighted by atomic mass is 32.2. The molecule has 2 N–H and O–H groups in total. The van der Waals surface area contributed by atoms with Gasteiger partial charge in [-0.2, -0.15) is 0 Å². The zero-order chi connectivity index (χ0) is 25.5. The van der Waals surface area contributed by atoms with Gasteiger partial charge in [-0.05, 0) is 46.7 Å². The molecule has 6 heteroatoms. The van der Waals surface area contributed by atoms with Crippen molar-refractivity contribution in [3.05, 3.63) is 90.0 Å². The highest BCUT2D eigenvalue weighted by Gasteiger charge is 2.31. The third-order valence-corrected chi connectivity index (χ3v) is 7.68. The summed E-state index contributed by atoms with van der Waals surface area (Å²) in [4.78, 5) is 27.2. The molecular formula is C30H33NO4S. The van der Waals surface area contributed by atoms with Crippen molar-refractivity contribution < 1.29 is 19.4 Å². The number of aliphatic hydroxyl groups excluding tert-OH is 1. The van der Waals surface area contributed by atoms with Gasteiger partial charge in [0.25, 0.3) is 0 Å². The van der Waals surface area contributed by atoms with Crippen LogP contribution in [0.1, 0.15) is 37.3 Å². The number of ether oxygens (including phenoxy) is 1. The number of alkyl carbamates (subject to hydrolysis) is 1. The first kappa shape index (κ1) is 26.0. The summed E-state index contributed by atoms with van der Waals surface area (Å²) in [7, 11) is 0. The number of fused-ring (bicyclic) bond motifs is 3. The van der Waals surface area contributed by atoms with Crippen LogP contribution in [0.15, 0.2) is 83.8 Å². The first-order valence-electron chi connectivity index (χ1n) is 12.4. The summed E-state index contributed by atoms with van der Waals surface area (Å²) < 4.78 is 5.67. The van der Waals surface area contributed by atoms with Crippen molar-refractivity contribution in [1.29, 1.82) is 0 Å². The Morgan fingerprint density at radius 2 is 1.50 bits per heavy atom. The molecule has 0 saturated carbocycles. The van der Waals surface area contributed by atoms with E-state index < -0.39 is 18.1 Å². The SMILES string of the molecule is CC(C)C[C@H](NC(=O)OCC1c2ccccc2-c2ccccc21)C(=O)C(CO)CSc1ccccc1. The van der Waals surface area contributed by atoms with Gasteiger partial charge in [-0.25, -0.2) is 4.79 Å². The molecule has 0 spiro atoms. The number of rotatable bonds is 11. The fraction of sp³-hybridized carbons (Fsp3) is 0.333. The van der Waals surface area contributed by atoms with Gasteiger partial charge in [0.15, 0.2) is 5.78 Å². The van der Waals surface area contributed by atoms with Crippen LogP contribution < -0.4 is 5.32 Å². The molecule has 4 rings (SSSR count). The fourth-order valence-corrected chi connectivity index (χ4v) is 5.74. The third-order valence-electron chi connectivity index (χ3n) is 6.50. The number of benzene rings is 3. The highest BCUT2D eigenvalue weighted by molar-refractivity contribution is 7.99. The topological polar surface area (TPSA) is 75.6 Å². The summed E-state index contributed by atoms with van der Waals surface area (Å²) in [5, 5.41) is 12.7. The molecule has 0 radical (unpaired) electrons. The van der Waals surface area contributed by atoms with Crippen molar-refractivity contribution in [2.75, 3.05) is 19.0 Å². The van der Waals surface area contributed by atoms with Gasteiger partial charge < -0.3 is 15.2 Å². The molecule has 1 aliphatic rings. The summed E-state index contributed by atoms with van der Waals surface area (Å²) >= 11 is 1.53. The standard InChI is InChI=1S/C30H33NO4S/c1-20(2)16-28(29(33)21(17-32)19-36-22-10-4-3-5-11-22)31-30(34)35-18-27-25-14-8-6-12-23(25)24-13-7-9-15-26(24)27/h3-15,20-21,27-28,32H,16-19H2,1-2H3,(H,31,34)/t21?,28-/m0/s1. The minimum absolute atomic E-state index is 0.0464. The lowest BCUT2D eigenvalue weighted by atomic mass is 9.93. The molecule has 0 fully saturated rings. The molecule has 3 aromatic rings. The van der Waals surface area contributed by atoms with Gasteiger partial charge in [0, 0.05) is 16.6 Å². The predicted molar refractivity (Wildman–Crippen MR) is 144 cm³/mol. The molecule has 1 aliphatic carbocycles. The van der Waals surface area contributed by atoms with E-state index in [2.05, 4.69) is 29.6 Å². The number of nitrogens with one attached hydrogen (secondary N) is 1. The van der Waals surface area contributed by atoms with E-state index in [-0.39, 0.29) is 30.8 Å². The Kier molecular flexibility index (Phi) is 8.83. The van der Waals surface area contributed by atoms with Crippen LogP contribution in [0.25, 0.3) is 11.1 Å². The molecule has 188 valence electrons. The first-order chi connectivity index (χ1) is 17.5. The lowest BCUT2D eigenvalue weighted by Gasteiger charge is -2.24. The Bertz CT molecular complexity index is 1130. The number of thioether (sulfide) groups is 1. The van der Waals surface area contributed by atoms with Gasteiger partial charge in [0.1, 0.15) is 6.61 Å². The molecule has 0 saturated heterocycles. The van der Waals surface area contributed by atoms with E-state index in [1.54, 1.807) is 0 Å². The van der Waals surface area contributed by atoms with Crippen LogP contribution in [-0.4, -0.2) is 42.0 Å². The Morgan fingerprint density at radius 1 is 0.917 bits per heavy atom. The van der Waals surface area contributed by atoms with Crippen molar-refractivity contribution >= 4 is 23.6 Å². The molecule has 1 unspecified atom stereocenters. The zero-order valence-corrected chi connectivity index (χ0v) is 21.5. The smallest absolute Gasteiger partial charge is 0.407 e. The summed E-state index contributed by atoms with van der Waals surface area (Å²) in [5.41, 5.74) is 4.60. The number of amides is 1. The molecule has 0 aliphatic heterocycles. The van der Waals surface area contributed by atoms with Crippen LogP contribution in [-0.2, 0) is 9.53 Å². The Hall–Kier alpha value is -3.09. The van der Waals surface area contributed by atoms with Gasteiger partial charge in [0.2, 0.25) is 0 Å². The van der Waals surface area contributed by atoms with Crippen LogP contribution in [0.2, 0.25) is 0 Å². The summed E-state index contributed by atoms with van der Waals surface area (Å²) in [6.45, 7) is 3.94. The number of hydrogen-bond donors (Lipinski definition) is 2. The van der Waals surface area contributed by atoms with Crippen LogP contribution in [0.4, 0.5) is 4.79 Å². The lowest BCUT2D eigenvalue weighted by molar-refractivity contribution is -0.125. The maximum Gasteiger partial charge on any atom is 0.407 e. The number of carbonyl (C=O) groups is 2. The fourth-order valence-electron chi connectivity index (χ4n) is 4.72. The second kappa shape index (κ2) is 12.2. The van der Waals surface area contributed by atoms with Crippen molar-refractivity contribution in [3.8, 4) is 11.1 Å². The molecule has 5 nitrogen and oxygen atoms in total. The maximum absolute atomic E-state index is 13.3. The molecule has 0 heterocycles. The molecule has 3 aromatic carbocycles. The predicted octanol–water partition coefficient (Wildman–Crippen LogP) is 5.91. The van der Waals surface area contributed by atoms with Crippen molar-refractivity contribution in [1.82, 2.24) is 5.32 Å². The number of aliphatic hydroxyl groups is 1. The molecule has 2 atom stereocenters. The van der Waals surface area contributed by atoms with E-state index in [9.17, 15) is 14.7 Å². The van der Waals surface area contributed by atoms with E-state index in [1.807, 2.05) is 68.4 Å². The van der Waals surface area contributed by atoms with Crippen LogP contribution in [0.5, 0.6) is 0 Å². The van der Waals surface area contributed by atoms with E-state index in [4.69, 9.17) is 4.74 Å². The Labute approximate surface area is 217 Å². The molecule has 0 bridgehead atoms. The maximum atomic E-state index is 13.3. The third kappa shape index (κ3) is 6.18. The summed E-state index contributed by atoms with van der Waals surface area (Å²) in [6.07, 6.45) is -0.126. The van der Waals surface area contributed by atoms with E-state index in [1.165, 1.54) is 11.8 Å². The second-order valence-corrected chi connectivity index (χ2v) is 10.7. The Balaban J connectivity index is 1.40. The van der Waals surface area contributed by atoms with Gasteiger partial charge in [-0.3, -0.25) is 4.79 Å². The van der Waals surface area contributed by atoms with Gasteiger partial charge in [0.05, 0.1) is 18.6 Å². The van der Waals surface area contributed by atoms with E-state index >= 15 is 0 Å². The number of hydrogen-bond acceptors (Lipinski definition) is 5. The number of ketones is 1. The van der Waals surface area contributed by atoms with Crippen molar-refractivity contribution in [2.24, 2.45) is 11.8 Å². The lowest BCUT2D eigenvalue weighted by Crippen LogP contribution is -2.46. The molecule has 1 amide bonds. The van der Waals surface area contributed by atoms with Crippen molar-refractivity contribution in [2.45, 2.75) is 37.1 Å². The van der Waals surface area contributed by atoms with E-state index in [0.717, 1.165) is 27.1 Å². The average molecular weight is 504 g/mol. The monoisotopic (exact) mass is 503 g/mol. The van der Waals surface area contributed by atoms with Crippen LogP contribution >= 0.6 is 11.8 Å². The minimum atomic E-state index is -0.714. The summed E-state index contributed by atoms with van der Waals surface area (Å²) in [6, 6.07) is 25.4. The highest BCUT2D eigenvalue weighted by Crippen LogP contribution is 2.44. The first-order valence-corrected chi connectivity index (χ1v) is 13.4.